The number of hydrogen-bond acceptors (Lipinski definition) is 4. The predicted octanol–water partition coefficient (Wildman–Crippen LogP) is 5.07. The van der Waals surface area contributed by atoms with E-state index in [1.54, 1.807) is 6.20 Å². The van der Waals surface area contributed by atoms with Gasteiger partial charge in [0.05, 0.1) is 6.61 Å². The molecule has 0 aliphatic heterocycles. The third-order valence-electron chi connectivity index (χ3n) is 6.44. The van der Waals surface area contributed by atoms with Crippen LogP contribution >= 0.6 is 0 Å². The van der Waals surface area contributed by atoms with Crippen molar-refractivity contribution >= 4 is 16.6 Å². The maximum atomic E-state index is 6.53. The molecule has 0 radical (unpaired) electrons. The van der Waals surface area contributed by atoms with Gasteiger partial charge in [-0.2, -0.15) is 0 Å². The second-order valence-corrected chi connectivity index (χ2v) is 20.8. The van der Waals surface area contributed by atoms with E-state index in [0.29, 0.717) is 11.1 Å². The number of nitrogens with one attached hydrogen (secondary N) is 3. The van der Waals surface area contributed by atoms with Gasteiger partial charge in [-0.25, -0.2) is 0 Å². The molecule has 0 fully saturated rings. The van der Waals surface area contributed by atoms with Gasteiger partial charge in [-0.3, -0.25) is 0 Å². The normalized spacial score (nSPS) is 14.9. The van der Waals surface area contributed by atoms with Gasteiger partial charge in [-0.05, 0) is 48.8 Å². The highest BCUT2D eigenvalue weighted by Gasteiger charge is 2.38. The lowest BCUT2D eigenvalue weighted by molar-refractivity contribution is 0.241. The van der Waals surface area contributed by atoms with Gasteiger partial charge < -0.3 is 20.0 Å². The van der Waals surface area contributed by atoms with Crippen LogP contribution in [0.3, 0.4) is 0 Å². The summed E-state index contributed by atoms with van der Waals surface area (Å²) in [5.41, 5.74) is 0. The monoisotopic (exact) mass is 415 g/mol. The van der Waals surface area contributed by atoms with Gasteiger partial charge in [0, 0.05) is 19.1 Å². The first-order valence-corrected chi connectivity index (χ1v) is 16.5. The van der Waals surface area contributed by atoms with Gasteiger partial charge in [-0.15, -0.1) is 0 Å². The highest BCUT2D eigenvalue weighted by atomic mass is 28.4. The zero-order chi connectivity index (χ0) is 21.4. The standard InChI is InChI=1S/C21H49N3OSi2/c1-12-22-15-13-14-16-23-19(17-24-26(8,9)20(2,3)4)18-25-27(10,11)21(5,6)7/h12,19,22-24H,1,13-18H2,2-11H3. The van der Waals surface area contributed by atoms with Crippen molar-refractivity contribution in [3.63, 3.8) is 0 Å². The first-order valence-electron chi connectivity index (χ1n) is 10.6. The Morgan fingerprint density at radius 2 is 1.48 bits per heavy atom. The van der Waals surface area contributed by atoms with Crippen LogP contribution in [0.5, 0.6) is 0 Å². The quantitative estimate of drug-likeness (QED) is 0.290. The average molecular weight is 416 g/mol. The molecule has 0 aromatic carbocycles. The fourth-order valence-electron chi connectivity index (χ4n) is 2.12. The van der Waals surface area contributed by atoms with Crippen LogP contribution in [0.2, 0.25) is 36.3 Å². The number of unbranched alkanes of at least 4 members (excludes halogenated alkanes) is 1. The summed E-state index contributed by atoms with van der Waals surface area (Å²) in [6.07, 6.45) is 4.09. The summed E-state index contributed by atoms with van der Waals surface area (Å²) in [5, 5.41) is 7.51. The van der Waals surface area contributed by atoms with Gasteiger partial charge >= 0.3 is 0 Å². The van der Waals surface area contributed by atoms with Crippen LogP contribution in [0, 0.1) is 0 Å². The first-order chi connectivity index (χ1) is 12.1. The lowest BCUT2D eigenvalue weighted by atomic mass is 10.2. The van der Waals surface area contributed by atoms with Crippen molar-refractivity contribution in [2.45, 2.75) is 96.7 Å². The van der Waals surface area contributed by atoms with Crippen LogP contribution in [-0.4, -0.2) is 48.8 Å². The number of hydrogen-bond donors (Lipinski definition) is 3. The summed E-state index contributed by atoms with van der Waals surface area (Å²) >= 11 is 0. The van der Waals surface area contributed by atoms with Crippen LogP contribution in [0.15, 0.2) is 12.8 Å². The van der Waals surface area contributed by atoms with E-state index in [0.717, 1.165) is 39.1 Å². The Hall–Kier alpha value is -0.146. The molecule has 1 unspecified atom stereocenters. The summed E-state index contributed by atoms with van der Waals surface area (Å²) in [5.74, 6) is 0. The Labute approximate surface area is 172 Å². The minimum Gasteiger partial charge on any atom is -0.415 e. The maximum absolute atomic E-state index is 6.53. The molecule has 0 aromatic heterocycles. The van der Waals surface area contributed by atoms with Crippen molar-refractivity contribution < 1.29 is 4.43 Å². The molecule has 0 heterocycles. The summed E-state index contributed by atoms with van der Waals surface area (Å²) < 4.78 is 6.53. The van der Waals surface area contributed by atoms with Gasteiger partial charge in [0.1, 0.15) is 8.24 Å². The molecule has 0 spiro atoms. The van der Waals surface area contributed by atoms with E-state index in [-0.39, 0.29) is 5.04 Å². The van der Waals surface area contributed by atoms with Crippen molar-refractivity contribution in [1.29, 1.82) is 0 Å². The van der Waals surface area contributed by atoms with E-state index in [4.69, 9.17) is 4.43 Å². The zero-order valence-electron chi connectivity index (χ0n) is 20.0. The molecule has 0 saturated heterocycles. The van der Waals surface area contributed by atoms with Crippen LogP contribution in [0.1, 0.15) is 54.4 Å². The molecule has 6 heteroatoms. The maximum Gasteiger partial charge on any atom is 0.192 e. The van der Waals surface area contributed by atoms with Gasteiger partial charge in [0.15, 0.2) is 8.32 Å². The fraction of sp³-hybridized carbons (Fsp3) is 0.905. The van der Waals surface area contributed by atoms with E-state index in [2.05, 4.69) is 89.9 Å². The highest BCUT2D eigenvalue weighted by molar-refractivity contribution is 6.77. The van der Waals surface area contributed by atoms with Crippen LogP contribution in [0.25, 0.3) is 0 Å². The van der Waals surface area contributed by atoms with Crippen molar-refractivity contribution in [1.82, 2.24) is 15.6 Å². The van der Waals surface area contributed by atoms with Crippen molar-refractivity contribution in [3.8, 4) is 0 Å². The lowest BCUT2D eigenvalue weighted by Crippen LogP contribution is -2.57. The second kappa shape index (κ2) is 11.1. The van der Waals surface area contributed by atoms with E-state index in [1.807, 2.05) is 0 Å². The molecule has 0 aliphatic rings. The fourth-order valence-corrected chi connectivity index (χ4v) is 4.46. The third kappa shape index (κ3) is 10.3. The molecule has 0 amide bonds. The molecule has 162 valence electrons. The van der Waals surface area contributed by atoms with Gasteiger partial charge in [0.25, 0.3) is 0 Å². The van der Waals surface area contributed by atoms with Gasteiger partial charge in [-0.1, -0.05) is 61.2 Å². The largest absolute Gasteiger partial charge is 0.415 e. The molecule has 0 bridgehead atoms. The van der Waals surface area contributed by atoms with Crippen molar-refractivity contribution in [2.75, 3.05) is 26.2 Å². The topological polar surface area (TPSA) is 45.3 Å². The summed E-state index contributed by atoms with van der Waals surface area (Å²) in [7, 11) is -3.22. The van der Waals surface area contributed by atoms with E-state index >= 15 is 0 Å². The minimum absolute atomic E-state index is 0.251. The lowest BCUT2D eigenvalue weighted by Gasteiger charge is -2.40. The Morgan fingerprint density at radius 1 is 0.926 bits per heavy atom. The minimum atomic E-state index is -1.72. The molecule has 0 aliphatic carbocycles. The van der Waals surface area contributed by atoms with Crippen molar-refractivity contribution in [2.24, 2.45) is 0 Å². The smallest absolute Gasteiger partial charge is 0.192 e. The molecule has 3 N–H and O–H groups in total. The van der Waals surface area contributed by atoms with E-state index in [9.17, 15) is 0 Å². The Bertz CT molecular complexity index is 396. The molecule has 27 heavy (non-hydrogen) atoms. The molecule has 0 aromatic rings. The third-order valence-corrected chi connectivity index (χ3v) is 15.8. The van der Waals surface area contributed by atoms with E-state index < -0.39 is 16.6 Å². The summed E-state index contributed by atoms with van der Waals surface area (Å²) in [6.45, 7) is 31.0. The van der Waals surface area contributed by atoms with Crippen LogP contribution in [0.4, 0.5) is 0 Å². The Morgan fingerprint density at radius 3 is 1.96 bits per heavy atom. The molecule has 4 nitrogen and oxygen atoms in total. The molecular weight excluding hydrogens is 366 g/mol. The van der Waals surface area contributed by atoms with Gasteiger partial charge in [0.2, 0.25) is 0 Å². The number of rotatable bonds is 13. The van der Waals surface area contributed by atoms with Crippen LogP contribution in [-0.2, 0) is 4.43 Å². The first kappa shape index (κ1) is 26.9. The molecule has 0 rings (SSSR count). The zero-order valence-corrected chi connectivity index (χ0v) is 22.0. The van der Waals surface area contributed by atoms with Crippen LogP contribution < -0.4 is 15.6 Å². The molecule has 0 saturated carbocycles. The predicted molar refractivity (Wildman–Crippen MR) is 128 cm³/mol. The van der Waals surface area contributed by atoms with E-state index in [1.165, 1.54) is 0 Å². The Balaban J connectivity index is 4.73. The molecule has 1 atom stereocenters. The molecular formula is C21H49N3OSi2. The SMILES string of the molecule is C=CNCCCCNC(CN[Si](C)(C)C(C)(C)C)CO[Si](C)(C)C(C)(C)C. The average Bonchev–Trinajstić information content (AvgIpc) is 2.50. The summed E-state index contributed by atoms with van der Waals surface area (Å²) in [4.78, 5) is 3.92. The van der Waals surface area contributed by atoms with Crippen molar-refractivity contribution in [3.05, 3.63) is 12.8 Å². The summed E-state index contributed by atoms with van der Waals surface area (Å²) in [6, 6.07) is 0.362. The Kier molecular flexibility index (Phi) is 11.1. The highest BCUT2D eigenvalue weighted by Crippen LogP contribution is 2.36. The second-order valence-electron chi connectivity index (χ2n) is 10.8.